The smallest absolute Gasteiger partial charge is 0.248 e. The summed E-state index contributed by atoms with van der Waals surface area (Å²) in [5, 5.41) is 4.27. The summed E-state index contributed by atoms with van der Waals surface area (Å²) in [7, 11) is 0. The number of nitrogens with zero attached hydrogens (tertiary/aromatic N) is 4. The molecule has 0 bridgehead atoms. The van der Waals surface area contributed by atoms with Crippen LogP contribution in [0.3, 0.4) is 0 Å². The van der Waals surface area contributed by atoms with Crippen LogP contribution >= 0.6 is 0 Å². The summed E-state index contributed by atoms with van der Waals surface area (Å²) in [6.07, 6.45) is 7.47. The number of nitrogens with two attached hydrogens (primary N) is 1. The lowest BCUT2D eigenvalue weighted by molar-refractivity contribution is 0.1000. The number of rotatable bonds is 5. The number of amides is 1. The van der Waals surface area contributed by atoms with Gasteiger partial charge in [0.25, 0.3) is 0 Å². The molecule has 1 aromatic carbocycles. The molecule has 3 aromatic heterocycles. The minimum absolute atomic E-state index is 0.300. The van der Waals surface area contributed by atoms with Crippen molar-refractivity contribution in [2.75, 3.05) is 5.32 Å². The maximum Gasteiger partial charge on any atom is 0.248 e. The van der Waals surface area contributed by atoms with E-state index in [1.807, 2.05) is 31.3 Å². The Hall–Kier alpha value is -3.74. The Morgan fingerprint density at radius 3 is 2.76 bits per heavy atom. The van der Waals surface area contributed by atoms with Crippen molar-refractivity contribution in [3.63, 3.8) is 0 Å². The van der Waals surface area contributed by atoms with Gasteiger partial charge in [-0.2, -0.15) is 0 Å². The molecule has 7 nitrogen and oxygen atoms in total. The lowest BCUT2D eigenvalue weighted by Crippen LogP contribution is -2.11. The van der Waals surface area contributed by atoms with Crippen molar-refractivity contribution in [3.05, 3.63) is 66.2 Å². The Balaban J connectivity index is 1.74. The highest BCUT2D eigenvalue weighted by atomic mass is 16.1. The molecule has 0 aliphatic heterocycles. The molecule has 3 N–H and O–H groups in total. The highest BCUT2D eigenvalue weighted by molar-refractivity contribution is 5.95. The molecule has 4 aromatic rings. The summed E-state index contributed by atoms with van der Waals surface area (Å²) in [5.41, 5.74) is 10.4. The number of anilines is 2. The third-order valence-electron chi connectivity index (χ3n) is 4.74. The molecule has 7 heteroatoms. The molecule has 0 aliphatic rings. The van der Waals surface area contributed by atoms with Gasteiger partial charge in [0.15, 0.2) is 0 Å². The monoisotopic (exact) mass is 386 g/mol. The Labute approximate surface area is 168 Å². The van der Waals surface area contributed by atoms with Crippen LogP contribution < -0.4 is 11.1 Å². The third-order valence-corrected chi connectivity index (χ3v) is 4.74. The molecule has 0 saturated heterocycles. The predicted molar refractivity (Wildman–Crippen MR) is 114 cm³/mol. The number of fused-ring (bicyclic) bond motifs is 1. The van der Waals surface area contributed by atoms with Gasteiger partial charge < -0.3 is 15.6 Å². The number of hydrogen-bond acceptors (Lipinski definition) is 5. The Bertz CT molecular complexity index is 1210. The van der Waals surface area contributed by atoms with Gasteiger partial charge in [0.2, 0.25) is 11.9 Å². The topological polar surface area (TPSA) is 98.7 Å². The highest BCUT2D eigenvalue weighted by Crippen LogP contribution is 2.31. The zero-order valence-corrected chi connectivity index (χ0v) is 16.5. The summed E-state index contributed by atoms with van der Waals surface area (Å²) >= 11 is 0. The molecule has 3 heterocycles. The Morgan fingerprint density at radius 2 is 2.00 bits per heavy atom. The molecule has 0 fully saturated rings. The first-order chi connectivity index (χ1) is 13.9. The fourth-order valence-electron chi connectivity index (χ4n) is 3.42. The predicted octanol–water partition coefficient (Wildman–Crippen LogP) is 4.23. The van der Waals surface area contributed by atoms with Crippen molar-refractivity contribution in [2.24, 2.45) is 5.73 Å². The number of pyridine rings is 1. The summed E-state index contributed by atoms with van der Waals surface area (Å²) in [6, 6.07) is 9.55. The van der Waals surface area contributed by atoms with E-state index >= 15 is 0 Å². The summed E-state index contributed by atoms with van der Waals surface area (Å²) in [5.74, 6) is -0.0236. The molecule has 4 rings (SSSR count). The second kappa shape index (κ2) is 7.35. The number of nitrogens with one attached hydrogen (secondary N) is 1. The standard InChI is InChI=1S/C22H22N6O/c1-13(2)28-12-18(17-4-6-24-11-20(17)28)19-5-7-25-22(27-19)26-16-9-14(3)8-15(10-16)21(23)29/h4-13H,1-3H3,(H2,23,29)(H,25,26,27). The fraction of sp³-hybridized carbons (Fsp3) is 0.182. The number of benzene rings is 1. The van der Waals surface area contributed by atoms with Crippen molar-refractivity contribution < 1.29 is 4.79 Å². The van der Waals surface area contributed by atoms with Crippen LogP contribution in [-0.4, -0.2) is 25.4 Å². The van der Waals surface area contributed by atoms with Crippen molar-refractivity contribution >= 4 is 28.4 Å². The van der Waals surface area contributed by atoms with E-state index in [1.54, 1.807) is 24.5 Å². The molecule has 0 aliphatic carbocycles. The van der Waals surface area contributed by atoms with E-state index in [4.69, 9.17) is 10.7 Å². The SMILES string of the molecule is Cc1cc(Nc2nccc(-c3cn(C(C)C)c4cnccc34)n2)cc(C(N)=O)c1. The average Bonchev–Trinajstić information content (AvgIpc) is 3.08. The minimum Gasteiger partial charge on any atom is -0.366 e. The van der Waals surface area contributed by atoms with Crippen LogP contribution in [0.5, 0.6) is 0 Å². The molecule has 1 amide bonds. The maximum absolute atomic E-state index is 11.5. The first-order valence-electron chi connectivity index (χ1n) is 9.39. The zero-order chi connectivity index (χ0) is 20.5. The van der Waals surface area contributed by atoms with Crippen molar-refractivity contribution in [1.29, 1.82) is 0 Å². The zero-order valence-electron chi connectivity index (χ0n) is 16.5. The van der Waals surface area contributed by atoms with E-state index in [-0.39, 0.29) is 0 Å². The average molecular weight is 386 g/mol. The van der Waals surface area contributed by atoms with Crippen LogP contribution in [0, 0.1) is 6.92 Å². The molecule has 29 heavy (non-hydrogen) atoms. The van der Waals surface area contributed by atoms with Crippen LogP contribution in [0.1, 0.15) is 35.8 Å². The Kier molecular flexibility index (Phi) is 4.72. The number of aromatic nitrogens is 4. The quantitative estimate of drug-likeness (QED) is 0.535. The van der Waals surface area contributed by atoms with E-state index in [1.165, 1.54) is 0 Å². The van der Waals surface area contributed by atoms with E-state index < -0.39 is 5.91 Å². The van der Waals surface area contributed by atoms with Crippen molar-refractivity contribution in [3.8, 4) is 11.3 Å². The van der Waals surface area contributed by atoms with Gasteiger partial charge in [-0.1, -0.05) is 0 Å². The normalized spacial score (nSPS) is 11.2. The van der Waals surface area contributed by atoms with Gasteiger partial charge in [0, 0.05) is 46.8 Å². The van der Waals surface area contributed by atoms with Crippen LogP contribution in [0.25, 0.3) is 22.2 Å². The van der Waals surface area contributed by atoms with Crippen LogP contribution in [0.2, 0.25) is 0 Å². The second-order valence-corrected chi connectivity index (χ2v) is 7.28. The van der Waals surface area contributed by atoms with Crippen LogP contribution in [-0.2, 0) is 0 Å². The summed E-state index contributed by atoms with van der Waals surface area (Å²) < 4.78 is 2.19. The fourth-order valence-corrected chi connectivity index (χ4v) is 3.42. The number of carbonyl (C=O) groups is 1. The second-order valence-electron chi connectivity index (χ2n) is 7.28. The summed E-state index contributed by atoms with van der Waals surface area (Å²) in [4.78, 5) is 24.8. The van der Waals surface area contributed by atoms with Gasteiger partial charge in [0.1, 0.15) is 0 Å². The highest BCUT2D eigenvalue weighted by Gasteiger charge is 2.14. The largest absolute Gasteiger partial charge is 0.366 e. The molecule has 0 saturated carbocycles. The van der Waals surface area contributed by atoms with E-state index in [2.05, 4.69) is 39.9 Å². The molecular formula is C22H22N6O. The first-order valence-corrected chi connectivity index (χ1v) is 9.39. The third kappa shape index (κ3) is 3.67. The van der Waals surface area contributed by atoms with Gasteiger partial charge in [-0.15, -0.1) is 0 Å². The van der Waals surface area contributed by atoms with Crippen molar-refractivity contribution in [1.82, 2.24) is 19.5 Å². The molecule has 0 radical (unpaired) electrons. The number of primary amides is 1. The van der Waals surface area contributed by atoms with E-state index in [9.17, 15) is 4.79 Å². The molecule has 146 valence electrons. The van der Waals surface area contributed by atoms with Gasteiger partial charge in [-0.05, 0) is 56.7 Å². The van der Waals surface area contributed by atoms with Gasteiger partial charge >= 0.3 is 0 Å². The van der Waals surface area contributed by atoms with Gasteiger partial charge in [-0.3, -0.25) is 9.78 Å². The number of carbonyl (C=O) groups excluding carboxylic acids is 1. The molecule has 0 atom stereocenters. The van der Waals surface area contributed by atoms with Gasteiger partial charge in [-0.25, -0.2) is 9.97 Å². The van der Waals surface area contributed by atoms with Crippen LogP contribution in [0.15, 0.2) is 55.1 Å². The first kappa shape index (κ1) is 18.6. The number of aryl methyl sites for hydroxylation is 1. The van der Waals surface area contributed by atoms with E-state index in [0.29, 0.717) is 23.2 Å². The Morgan fingerprint density at radius 1 is 1.17 bits per heavy atom. The van der Waals surface area contributed by atoms with Gasteiger partial charge in [0.05, 0.1) is 17.4 Å². The molecule has 0 spiro atoms. The van der Waals surface area contributed by atoms with Crippen LogP contribution in [0.4, 0.5) is 11.6 Å². The molecular weight excluding hydrogens is 364 g/mol. The number of hydrogen-bond donors (Lipinski definition) is 2. The van der Waals surface area contributed by atoms with E-state index in [0.717, 1.165) is 27.7 Å². The maximum atomic E-state index is 11.5. The van der Waals surface area contributed by atoms with Crippen molar-refractivity contribution in [2.45, 2.75) is 26.8 Å². The molecule has 0 unspecified atom stereocenters. The lowest BCUT2D eigenvalue weighted by Gasteiger charge is -2.09. The minimum atomic E-state index is -0.471. The summed E-state index contributed by atoms with van der Waals surface area (Å²) in [6.45, 7) is 6.18. The lowest BCUT2D eigenvalue weighted by atomic mass is 10.1.